The highest BCUT2D eigenvalue weighted by molar-refractivity contribution is 5.79. The number of carbonyl (C=O) groups is 1. The number of aromatic nitrogens is 3. The Hall–Kier alpha value is -2.93. The molecule has 1 aliphatic heterocycles. The Bertz CT molecular complexity index is 923. The van der Waals surface area contributed by atoms with E-state index in [0.29, 0.717) is 26.2 Å². The van der Waals surface area contributed by atoms with Gasteiger partial charge in [0.1, 0.15) is 5.75 Å². The highest BCUT2D eigenvalue weighted by Crippen LogP contribution is 2.17. The predicted octanol–water partition coefficient (Wildman–Crippen LogP) is 1.58. The summed E-state index contributed by atoms with van der Waals surface area (Å²) in [7, 11) is 1.65. The van der Waals surface area contributed by atoms with Gasteiger partial charge in [-0.05, 0) is 23.8 Å². The van der Waals surface area contributed by atoms with Crippen molar-refractivity contribution in [3.63, 3.8) is 0 Å². The molecule has 3 aromatic rings. The van der Waals surface area contributed by atoms with E-state index in [2.05, 4.69) is 15.0 Å². The summed E-state index contributed by atoms with van der Waals surface area (Å²) in [5.74, 6) is 0.956. The van der Waals surface area contributed by atoms with Crippen LogP contribution in [0.3, 0.4) is 0 Å². The van der Waals surface area contributed by atoms with Gasteiger partial charge in [-0.15, -0.1) is 0 Å². The van der Waals surface area contributed by atoms with Gasteiger partial charge >= 0.3 is 0 Å². The number of piperazine rings is 1. The molecule has 0 spiro atoms. The van der Waals surface area contributed by atoms with Gasteiger partial charge in [0.15, 0.2) is 5.65 Å². The van der Waals surface area contributed by atoms with Crippen LogP contribution in [0, 0.1) is 0 Å². The third-order valence-corrected chi connectivity index (χ3v) is 4.65. The lowest BCUT2D eigenvalue weighted by molar-refractivity contribution is -0.136. The summed E-state index contributed by atoms with van der Waals surface area (Å²) in [6.45, 7) is 3.25. The molecule has 0 unspecified atom stereocenters. The van der Waals surface area contributed by atoms with Crippen LogP contribution in [-0.2, 0) is 17.9 Å². The molecule has 4 rings (SSSR count). The molecule has 1 fully saturated rings. The lowest BCUT2D eigenvalue weighted by Crippen LogP contribution is -2.49. The van der Waals surface area contributed by atoms with E-state index in [1.54, 1.807) is 17.8 Å². The zero-order valence-electron chi connectivity index (χ0n) is 14.7. The maximum absolute atomic E-state index is 12.6. The number of ether oxygens (including phenoxy) is 1. The zero-order chi connectivity index (χ0) is 17.9. The SMILES string of the molecule is COc1cccc(CN2CCN(Cc3cnn4cccnc34)CC2=O)c1. The van der Waals surface area contributed by atoms with Crippen LogP contribution in [-0.4, -0.2) is 57.0 Å². The van der Waals surface area contributed by atoms with E-state index >= 15 is 0 Å². The van der Waals surface area contributed by atoms with Gasteiger partial charge < -0.3 is 9.64 Å². The highest BCUT2D eigenvalue weighted by Gasteiger charge is 2.24. The van der Waals surface area contributed by atoms with Crippen LogP contribution in [0.2, 0.25) is 0 Å². The molecular weight excluding hydrogens is 330 g/mol. The molecule has 1 amide bonds. The molecule has 1 aliphatic rings. The van der Waals surface area contributed by atoms with Crippen molar-refractivity contribution >= 4 is 11.6 Å². The quantitative estimate of drug-likeness (QED) is 0.698. The Morgan fingerprint density at radius 2 is 2.12 bits per heavy atom. The second kappa shape index (κ2) is 7.13. The van der Waals surface area contributed by atoms with Crippen molar-refractivity contribution in [2.45, 2.75) is 13.1 Å². The van der Waals surface area contributed by atoms with Crippen molar-refractivity contribution in [2.24, 2.45) is 0 Å². The minimum absolute atomic E-state index is 0.142. The lowest BCUT2D eigenvalue weighted by Gasteiger charge is -2.34. The van der Waals surface area contributed by atoms with Crippen LogP contribution in [0.15, 0.2) is 48.9 Å². The van der Waals surface area contributed by atoms with E-state index in [-0.39, 0.29) is 5.91 Å². The van der Waals surface area contributed by atoms with Gasteiger partial charge in [0.05, 0.1) is 19.9 Å². The molecule has 134 valence electrons. The Balaban J connectivity index is 1.39. The molecule has 0 N–H and O–H groups in total. The van der Waals surface area contributed by atoms with Crippen molar-refractivity contribution in [1.82, 2.24) is 24.4 Å². The van der Waals surface area contributed by atoms with Crippen LogP contribution >= 0.6 is 0 Å². The average molecular weight is 351 g/mol. The zero-order valence-corrected chi connectivity index (χ0v) is 14.7. The van der Waals surface area contributed by atoms with Crippen LogP contribution in [0.5, 0.6) is 5.75 Å². The highest BCUT2D eigenvalue weighted by atomic mass is 16.5. The third-order valence-electron chi connectivity index (χ3n) is 4.65. The molecule has 0 radical (unpaired) electrons. The van der Waals surface area contributed by atoms with E-state index < -0.39 is 0 Å². The number of methoxy groups -OCH3 is 1. The van der Waals surface area contributed by atoms with Gasteiger partial charge in [-0.3, -0.25) is 9.69 Å². The summed E-state index contributed by atoms with van der Waals surface area (Å²) in [5, 5.41) is 4.31. The molecule has 7 nitrogen and oxygen atoms in total. The molecule has 2 aromatic heterocycles. The fraction of sp³-hybridized carbons (Fsp3) is 0.316. The van der Waals surface area contributed by atoms with Crippen LogP contribution in [0.25, 0.3) is 5.65 Å². The van der Waals surface area contributed by atoms with E-state index in [1.165, 1.54) is 0 Å². The molecule has 1 aromatic carbocycles. The number of benzene rings is 1. The number of hydrogen-bond donors (Lipinski definition) is 0. The topological polar surface area (TPSA) is 63.0 Å². The van der Waals surface area contributed by atoms with Gasteiger partial charge in [-0.2, -0.15) is 5.10 Å². The van der Waals surface area contributed by atoms with Crippen LogP contribution in [0.1, 0.15) is 11.1 Å². The van der Waals surface area contributed by atoms with E-state index in [4.69, 9.17) is 4.74 Å². The van der Waals surface area contributed by atoms with Crippen LogP contribution in [0.4, 0.5) is 0 Å². The van der Waals surface area contributed by atoms with Gasteiger partial charge in [-0.1, -0.05) is 12.1 Å². The summed E-state index contributed by atoms with van der Waals surface area (Å²) < 4.78 is 7.02. The first kappa shape index (κ1) is 16.5. The van der Waals surface area contributed by atoms with E-state index in [0.717, 1.165) is 29.1 Å². The minimum Gasteiger partial charge on any atom is -0.497 e. The number of hydrogen-bond acceptors (Lipinski definition) is 5. The van der Waals surface area contributed by atoms with Crippen LogP contribution < -0.4 is 4.74 Å². The minimum atomic E-state index is 0.142. The maximum atomic E-state index is 12.6. The first-order valence-electron chi connectivity index (χ1n) is 8.63. The largest absolute Gasteiger partial charge is 0.497 e. The first-order valence-corrected chi connectivity index (χ1v) is 8.63. The molecule has 3 heterocycles. The predicted molar refractivity (Wildman–Crippen MR) is 96.7 cm³/mol. The van der Waals surface area contributed by atoms with E-state index in [1.807, 2.05) is 47.6 Å². The fourth-order valence-corrected chi connectivity index (χ4v) is 3.28. The second-order valence-electron chi connectivity index (χ2n) is 6.44. The van der Waals surface area contributed by atoms with Gasteiger partial charge in [0.25, 0.3) is 0 Å². The Kier molecular flexibility index (Phi) is 4.53. The summed E-state index contributed by atoms with van der Waals surface area (Å²) in [5.41, 5.74) is 2.97. The van der Waals surface area contributed by atoms with Crippen molar-refractivity contribution in [3.05, 3.63) is 60.0 Å². The summed E-state index contributed by atoms with van der Waals surface area (Å²) >= 11 is 0. The second-order valence-corrected chi connectivity index (χ2v) is 6.44. The van der Waals surface area contributed by atoms with Crippen molar-refractivity contribution in [1.29, 1.82) is 0 Å². The summed E-state index contributed by atoms with van der Waals surface area (Å²) in [6, 6.07) is 9.71. The number of rotatable bonds is 5. The molecule has 26 heavy (non-hydrogen) atoms. The molecule has 0 bridgehead atoms. The Labute approximate surface area is 151 Å². The molecule has 0 saturated carbocycles. The van der Waals surface area contributed by atoms with Crippen molar-refractivity contribution in [2.75, 3.05) is 26.7 Å². The van der Waals surface area contributed by atoms with Gasteiger partial charge in [0, 0.05) is 44.1 Å². The number of carbonyl (C=O) groups excluding carboxylic acids is 1. The smallest absolute Gasteiger partial charge is 0.237 e. The standard InChI is InChI=1S/C19H21N5O2/c1-26-17-5-2-4-15(10-17)12-23-9-8-22(14-18(23)25)13-16-11-21-24-7-3-6-20-19(16)24/h2-7,10-11H,8-9,12-14H2,1H3. The molecule has 7 heteroatoms. The summed E-state index contributed by atoms with van der Waals surface area (Å²) in [6.07, 6.45) is 5.47. The molecular formula is C19H21N5O2. The van der Waals surface area contributed by atoms with Crippen molar-refractivity contribution < 1.29 is 9.53 Å². The molecule has 0 aliphatic carbocycles. The molecule has 0 atom stereocenters. The van der Waals surface area contributed by atoms with Gasteiger partial charge in [-0.25, -0.2) is 9.50 Å². The normalized spacial score (nSPS) is 15.6. The number of nitrogens with zero attached hydrogens (tertiary/aromatic N) is 5. The van der Waals surface area contributed by atoms with Crippen molar-refractivity contribution in [3.8, 4) is 5.75 Å². The molecule has 1 saturated heterocycles. The average Bonchev–Trinajstić information content (AvgIpc) is 3.07. The third kappa shape index (κ3) is 3.39. The van der Waals surface area contributed by atoms with E-state index in [9.17, 15) is 4.79 Å². The number of amides is 1. The lowest BCUT2D eigenvalue weighted by atomic mass is 10.1. The first-order chi connectivity index (χ1) is 12.7. The Morgan fingerprint density at radius 3 is 2.96 bits per heavy atom. The number of fused-ring (bicyclic) bond motifs is 1. The summed E-state index contributed by atoms with van der Waals surface area (Å²) in [4.78, 5) is 21.0. The maximum Gasteiger partial charge on any atom is 0.237 e. The van der Waals surface area contributed by atoms with Gasteiger partial charge in [0.2, 0.25) is 5.91 Å². The Morgan fingerprint density at radius 1 is 1.19 bits per heavy atom. The fourth-order valence-electron chi connectivity index (χ4n) is 3.28. The monoisotopic (exact) mass is 351 g/mol.